The van der Waals surface area contributed by atoms with Crippen molar-refractivity contribution < 1.29 is 4.79 Å². The molecule has 0 radical (unpaired) electrons. The van der Waals surface area contributed by atoms with Crippen molar-refractivity contribution in [3.8, 4) is 0 Å². The second-order valence-electron chi connectivity index (χ2n) is 2.68. The van der Waals surface area contributed by atoms with E-state index in [2.05, 4.69) is 5.32 Å². The third kappa shape index (κ3) is 3.61. The Morgan fingerprint density at radius 2 is 1.93 bits per heavy atom. The van der Waals surface area contributed by atoms with E-state index < -0.39 is 9.70 Å². The molecule has 0 spiro atoms. The molecule has 0 aliphatic carbocycles. The largest absolute Gasteiger partial charge is 0.397 e. The van der Waals surface area contributed by atoms with Crippen LogP contribution in [0.15, 0.2) is 18.2 Å². The average Bonchev–Trinajstić information content (AvgIpc) is 2.08. The Bertz CT molecular complexity index is 389. The van der Waals surface area contributed by atoms with Gasteiger partial charge in [-0.3, -0.25) is 4.79 Å². The molecule has 1 aromatic carbocycles. The van der Waals surface area contributed by atoms with Crippen LogP contribution in [-0.4, -0.2) is 9.70 Å². The molecule has 1 aromatic rings. The molecule has 0 unspecified atom stereocenters. The summed E-state index contributed by atoms with van der Waals surface area (Å²) in [7, 11) is 0. The first-order chi connectivity index (χ1) is 6.80. The number of hydrogen-bond acceptors (Lipinski definition) is 2. The number of nitrogens with one attached hydrogen (secondary N) is 1. The van der Waals surface area contributed by atoms with Crippen molar-refractivity contribution in [2.75, 3.05) is 11.1 Å². The Labute approximate surface area is 106 Å². The molecule has 0 saturated heterocycles. The normalized spacial score (nSPS) is 11.2. The maximum absolute atomic E-state index is 11.3. The monoisotopic (exact) mass is 286 g/mol. The first-order valence-electron chi connectivity index (χ1n) is 3.74. The summed E-state index contributed by atoms with van der Waals surface area (Å²) in [5, 5.41) is 2.82. The average molecular weight is 288 g/mol. The first kappa shape index (κ1) is 12.7. The zero-order valence-corrected chi connectivity index (χ0v) is 10.3. The molecule has 0 atom stereocenters. The van der Waals surface area contributed by atoms with Gasteiger partial charge < -0.3 is 11.1 Å². The van der Waals surface area contributed by atoms with E-state index >= 15 is 0 Å². The van der Waals surface area contributed by atoms with Gasteiger partial charge in [0.15, 0.2) is 0 Å². The number of carbonyl (C=O) groups excluding carboxylic acids is 1. The van der Waals surface area contributed by atoms with E-state index in [1.54, 1.807) is 6.07 Å². The Balaban J connectivity index is 2.87. The molecule has 0 aliphatic heterocycles. The van der Waals surface area contributed by atoms with Crippen LogP contribution in [0, 0.1) is 0 Å². The highest BCUT2D eigenvalue weighted by Crippen LogP contribution is 2.29. The summed E-state index contributed by atoms with van der Waals surface area (Å²) in [6.07, 6.45) is 0. The Hall–Kier alpha value is -0.350. The SMILES string of the molecule is Nc1cc(Cl)ccc1NC(=O)C(Cl)(Cl)Cl. The lowest BCUT2D eigenvalue weighted by molar-refractivity contribution is -0.115. The van der Waals surface area contributed by atoms with E-state index in [0.29, 0.717) is 16.4 Å². The van der Waals surface area contributed by atoms with Crippen LogP contribution in [0.1, 0.15) is 0 Å². The van der Waals surface area contributed by atoms with Crippen molar-refractivity contribution in [3.63, 3.8) is 0 Å². The summed E-state index contributed by atoms with van der Waals surface area (Å²) < 4.78 is -2.02. The third-order valence-electron chi connectivity index (χ3n) is 1.52. The Kier molecular flexibility index (Phi) is 3.95. The van der Waals surface area contributed by atoms with Gasteiger partial charge in [0.1, 0.15) is 0 Å². The molecule has 1 rings (SSSR count). The van der Waals surface area contributed by atoms with Gasteiger partial charge in [0.2, 0.25) is 0 Å². The molecule has 0 saturated carbocycles. The van der Waals surface area contributed by atoms with E-state index in [0.717, 1.165) is 0 Å². The number of halogens is 4. The summed E-state index contributed by atoms with van der Waals surface area (Å²) in [5.41, 5.74) is 6.22. The minimum absolute atomic E-state index is 0.296. The third-order valence-corrected chi connectivity index (χ3v) is 2.27. The van der Waals surface area contributed by atoms with Gasteiger partial charge in [-0.2, -0.15) is 0 Å². The molecule has 0 bridgehead atoms. The highest BCUT2D eigenvalue weighted by atomic mass is 35.6. The number of carbonyl (C=O) groups is 1. The number of amides is 1. The first-order valence-corrected chi connectivity index (χ1v) is 5.25. The Morgan fingerprint density at radius 1 is 1.33 bits per heavy atom. The maximum atomic E-state index is 11.3. The van der Waals surface area contributed by atoms with Crippen LogP contribution in [0.25, 0.3) is 0 Å². The number of rotatable bonds is 1. The van der Waals surface area contributed by atoms with Gasteiger partial charge in [-0.05, 0) is 18.2 Å². The molecule has 0 aromatic heterocycles. The molecule has 3 nitrogen and oxygen atoms in total. The molecular weight excluding hydrogens is 282 g/mol. The summed E-state index contributed by atoms with van der Waals surface area (Å²) in [5.74, 6) is -0.776. The van der Waals surface area contributed by atoms with Crippen LogP contribution in [0.3, 0.4) is 0 Å². The molecule has 3 N–H and O–H groups in total. The standard InChI is InChI=1S/C8H6Cl4N2O/c9-4-1-2-6(5(13)3-4)14-7(15)8(10,11)12/h1-3H,13H2,(H,14,15). The second-order valence-corrected chi connectivity index (χ2v) is 5.40. The van der Waals surface area contributed by atoms with Crippen molar-refractivity contribution >= 4 is 63.7 Å². The minimum atomic E-state index is -2.02. The van der Waals surface area contributed by atoms with Crippen molar-refractivity contribution in [1.29, 1.82) is 0 Å². The van der Waals surface area contributed by atoms with Gasteiger partial charge in [-0.25, -0.2) is 0 Å². The summed E-state index contributed by atoms with van der Waals surface area (Å²) in [4.78, 5) is 11.3. The lowest BCUT2D eigenvalue weighted by atomic mass is 10.2. The number of nitrogens with two attached hydrogens (primary N) is 1. The lowest BCUT2D eigenvalue weighted by Gasteiger charge is -2.12. The van der Waals surface area contributed by atoms with Crippen LogP contribution in [0.5, 0.6) is 0 Å². The van der Waals surface area contributed by atoms with Crippen LogP contribution in [-0.2, 0) is 4.79 Å². The highest BCUT2D eigenvalue weighted by molar-refractivity contribution is 6.76. The van der Waals surface area contributed by atoms with Crippen molar-refractivity contribution in [2.45, 2.75) is 3.79 Å². The quantitative estimate of drug-likeness (QED) is 0.615. The van der Waals surface area contributed by atoms with Crippen LogP contribution < -0.4 is 11.1 Å². The molecule has 0 fully saturated rings. The molecule has 1 amide bonds. The van der Waals surface area contributed by atoms with E-state index in [1.165, 1.54) is 12.1 Å². The van der Waals surface area contributed by atoms with Gasteiger partial charge in [0, 0.05) is 5.02 Å². The second kappa shape index (κ2) is 4.66. The topological polar surface area (TPSA) is 55.1 Å². The highest BCUT2D eigenvalue weighted by Gasteiger charge is 2.30. The number of alkyl halides is 3. The van der Waals surface area contributed by atoms with Gasteiger partial charge in [0.25, 0.3) is 9.70 Å². The van der Waals surface area contributed by atoms with Crippen LogP contribution >= 0.6 is 46.4 Å². The van der Waals surface area contributed by atoms with Crippen molar-refractivity contribution in [3.05, 3.63) is 23.2 Å². The summed E-state index contributed by atoms with van der Waals surface area (Å²) in [6, 6.07) is 4.56. The molecule has 15 heavy (non-hydrogen) atoms. The van der Waals surface area contributed by atoms with Crippen LogP contribution in [0.4, 0.5) is 11.4 Å². The number of nitrogen functional groups attached to an aromatic ring is 1. The summed E-state index contributed by atoms with van der Waals surface area (Å²) in [6.45, 7) is 0. The molecule has 7 heteroatoms. The minimum Gasteiger partial charge on any atom is -0.397 e. The lowest BCUT2D eigenvalue weighted by Crippen LogP contribution is -2.27. The van der Waals surface area contributed by atoms with E-state index in [-0.39, 0.29) is 0 Å². The van der Waals surface area contributed by atoms with Crippen LogP contribution in [0.2, 0.25) is 5.02 Å². The fourth-order valence-electron chi connectivity index (χ4n) is 0.841. The van der Waals surface area contributed by atoms with Crippen molar-refractivity contribution in [1.82, 2.24) is 0 Å². The predicted octanol–water partition coefficient (Wildman–Crippen LogP) is 3.23. The van der Waals surface area contributed by atoms with Crippen molar-refractivity contribution in [2.24, 2.45) is 0 Å². The maximum Gasteiger partial charge on any atom is 0.276 e. The molecule has 82 valence electrons. The van der Waals surface area contributed by atoms with Gasteiger partial charge >= 0.3 is 0 Å². The fraction of sp³-hybridized carbons (Fsp3) is 0.125. The smallest absolute Gasteiger partial charge is 0.276 e. The predicted molar refractivity (Wildman–Crippen MR) is 64.8 cm³/mol. The Morgan fingerprint density at radius 3 is 2.40 bits per heavy atom. The zero-order valence-electron chi connectivity index (χ0n) is 7.23. The van der Waals surface area contributed by atoms with E-state index in [4.69, 9.17) is 52.1 Å². The number of benzene rings is 1. The van der Waals surface area contributed by atoms with Gasteiger partial charge in [0.05, 0.1) is 11.4 Å². The van der Waals surface area contributed by atoms with E-state index in [1.807, 2.05) is 0 Å². The molecule has 0 aliphatic rings. The molecular formula is C8H6Cl4N2O. The fourth-order valence-corrected chi connectivity index (χ4v) is 1.16. The molecule has 0 heterocycles. The number of anilines is 2. The summed E-state index contributed by atoms with van der Waals surface area (Å²) >= 11 is 21.8. The zero-order chi connectivity index (χ0) is 11.6. The van der Waals surface area contributed by atoms with E-state index in [9.17, 15) is 4.79 Å². The number of hydrogen-bond donors (Lipinski definition) is 2. The van der Waals surface area contributed by atoms with Gasteiger partial charge in [-0.1, -0.05) is 46.4 Å². The van der Waals surface area contributed by atoms with Gasteiger partial charge in [-0.15, -0.1) is 0 Å².